The summed E-state index contributed by atoms with van der Waals surface area (Å²) < 4.78 is 4.72. The summed E-state index contributed by atoms with van der Waals surface area (Å²) in [4.78, 5) is 0. The van der Waals surface area contributed by atoms with Gasteiger partial charge in [0.15, 0.2) is 0 Å². The van der Waals surface area contributed by atoms with E-state index in [1.807, 2.05) is 0 Å². The van der Waals surface area contributed by atoms with Gasteiger partial charge >= 0.3 is 0 Å². The first kappa shape index (κ1) is 9.92. The summed E-state index contributed by atoms with van der Waals surface area (Å²) in [5.74, 6) is 0. The number of hydrogen-bond acceptors (Lipinski definition) is 1. The monoisotopic (exact) mass is 155 g/mol. The second-order valence-corrected chi connectivity index (χ2v) is 2.54. The highest BCUT2D eigenvalue weighted by atomic mass is 28.2. The van der Waals surface area contributed by atoms with Crippen LogP contribution in [0.4, 0.5) is 0 Å². The summed E-state index contributed by atoms with van der Waals surface area (Å²) >= 11 is 0. The Labute approximate surface area is 67.0 Å². The number of unbranched alkanes of at least 4 members (excludes halogenated alkanes) is 2. The van der Waals surface area contributed by atoms with Gasteiger partial charge in [-0.15, -0.1) is 0 Å². The molecule has 0 unspecified atom stereocenters. The van der Waals surface area contributed by atoms with Crippen LogP contribution in [0.25, 0.3) is 0 Å². The van der Waals surface area contributed by atoms with Crippen LogP contribution >= 0.6 is 0 Å². The van der Waals surface area contributed by atoms with E-state index in [0.29, 0.717) is 0 Å². The number of allylic oxidation sites excluding steroid dienone is 2. The number of rotatable bonds is 6. The molecule has 0 N–H and O–H groups in total. The molecule has 0 aliphatic carbocycles. The second-order valence-electron chi connectivity index (χ2n) is 2.25. The van der Waals surface area contributed by atoms with Gasteiger partial charge in [0.1, 0.15) is 0 Å². The molecule has 10 heavy (non-hydrogen) atoms. The molecule has 0 rings (SSSR count). The summed E-state index contributed by atoms with van der Waals surface area (Å²) in [6, 6.07) is 0. The Morgan fingerprint density at radius 1 is 1.30 bits per heavy atom. The third kappa shape index (κ3) is 7.92. The molecule has 1 nitrogen and oxygen atoms in total. The molecule has 0 fully saturated rings. The highest BCUT2D eigenvalue weighted by Crippen LogP contribution is 1.94. The molecule has 0 aromatic rings. The van der Waals surface area contributed by atoms with Gasteiger partial charge in [0.25, 0.3) is 0 Å². The molecule has 0 amide bonds. The lowest BCUT2D eigenvalue weighted by molar-refractivity contribution is 0.342. The van der Waals surface area contributed by atoms with Crippen LogP contribution in [0.1, 0.15) is 32.6 Å². The van der Waals surface area contributed by atoms with Gasteiger partial charge in [0.2, 0.25) is 10.5 Å². The van der Waals surface area contributed by atoms with E-state index in [2.05, 4.69) is 29.6 Å². The van der Waals surface area contributed by atoms with Crippen molar-refractivity contribution in [1.29, 1.82) is 0 Å². The Bertz CT molecular complexity index is 81.3. The average Bonchev–Trinajstić information content (AvgIpc) is 1.97. The van der Waals surface area contributed by atoms with Gasteiger partial charge in [-0.25, -0.2) is 0 Å². The largest absolute Gasteiger partial charge is 0.419 e. The Morgan fingerprint density at radius 2 is 2.00 bits per heavy atom. The third-order valence-corrected chi connectivity index (χ3v) is 1.44. The molecular formula is C8H15OSi. The molecule has 0 aliphatic rings. The fourth-order valence-corrected chi connectivity index (χ4v) is 0.820. The lowest BCUT2D eigenvalue weighted by Crippen LogP contribution is -1.87. The van der Waals surface area contributed by atoms with Crippen molar-refractivity contribution in [2.45, 2.75) is 32.6 Å². The highest BCUT2D eigenvalue weighted by Gasteiger charge is 1.80. The predicted octanol–water partition coefficient (Wildman–Crippen LogP) is 2.22. The van der Waals surface area contributed by atoms with Crippen LogP contribution in [0.5, 0.6) is 0 Å². The van der Waals surface area contributed by atoms with E-state index in [0.717, 1.165) is 19.4 Å². The van der Waals surface area contributed by atoms with E-state index in [9.17, 15) is 0 Å². The van der Waals surface area contributed by atoms with Crippen molar-refractivity contribution < 1.29 is 4.43 Å². The van der Waals surface area contributed by atoms with E-state index >= 15 is 0 Å². The van der Waals surface area contributed by atoms with Crippen LogP contribution in [-0.2, 0) is 4.43 Å². The summed E-state index contributed by atoms with van der Waals surface area (Å²) in [5, 5.41) is 0. The first-order chi connectivity index (χ1) is 4.91. The molecule has 0 aromatic carbocycles. The molecule has 57 valence electrons. The third-order valence-electron chi connectivity index (χ3n) is 1.24. The van der Waals surface area contributed by atoms with Crippen molar-refractivity contribution in [2.24, 2.45) is 0 Å². The van der Waals surface area contributed by atoms with Crippen molar-refractivity contribution in [1.82, 2.24) is 0 Å². The predicted molar refractivity (Wildman–Crippen MR) is 45.0 cm³/mol. The van der Waals surface area contributed by atoms with Gasteiger partial charge in [-0.1, -0.05) is 25.5 Å². The van der Waals surface area contributed by atoms with Crippen LogP contribution in [0, 0.1) is 0 Å². The highest BCUT2D eigenvalue weighted by molar-refractivity contribution is 5.97. The molecule has 0 saturated heterocycles. The second kappa shape index (κ2) is 8.92. The fraction of sp³-hybridized carbons (Fsp3) is 0.750. The van der Waals surface area contributed by atoms with Crippen LogP contribution < -0.4 is 0 Å². The maximum Gasteiger partial charge on any atom is 0.246 e. The Hall–Kier alpha value is -0.0831. The molecule has 0 aromatic heterocycles. The zero-order valence-electron chi connectivity index (χ0n) is 6.60. The van der Waals surface area contributed by atoms with Gasteiger partial charge in [-0.2, -0.15) is 0 Å². The average molecular weight is 155 g/mol. The fourth-order valence-electron chi connectivity index (χ4n) is 0.676. The maximum absolute atomic E-state index is 4.72. The van der Waals surface area contributed by atoms with Crippen molar-refractivity contribution in [2.75, 3.05) is 6.61 Å². The zero-order chi connectivity index (χ0) is 7.66. The molecular weight excluding hydrogens is 140 g/mol. The minimum Gasteiger partial charge on any atom is -0.419 e. The van der Waals surface area contributed by atoms with E-state index < -0.39 is 0 Å². The summed E-state index contributed by atoms with van der Waals surface area (Å²) in [7, 11) is 2.95. The van der Waals surface area contributed by atoms with Crippen molar-refractivity contribution in [3.8, 4) is 0 Å². The summed E-state index contributed by atoms with van der Waals surface area (Å²) in [6.45, 7) is 2.99. The van der Waals surface area contributed by atoms with E-state index in [-0.39, 0.29) is 0 Å². The van der Waals surface area contributed by atoms with Crippen molar-refractivity contribution >= 4 is 10.5 Å². The molecule has 0 atom stereocenters. The van der Waals surface area contributed by atoms with Gasteiger partial charge in [0.05, 0.1) is 0 Å². The standard InChI is InChI=1S/C8H15OSi/c1-2-3-4-5-6-7-8-9-10/h4-5H,2-3,6-8H2,1H3. The zero-order valence-corrected chi connectivity index (χ0v) is 7.60. The van der Waals surface area contributed by atoms with E-state index in [4.69, 9.17) is 4.43 Å². The first-order valence-electron chi connectivity index (χ1n) is 3.85. The van der Waals surface area contributed by atoms with E-state index in [1.54, 1.807) is 0 Å². The molecule has 3 radical (unpaired) electrons. The van der Waals surface area contributed by atoms with Crippen LogP contribution in [0.2, 0.25) is 0 Å². The molecule has 0 aliphatic heterocycles. The van der Waals surface area contributed by atoms with Crippen LogP contribution in [0.3, 0.4) is 0 Å². The van der Waals surface area contributed by atoms with Gasteiger partial charge in [-0.3, -0.25) is 0 Å². The molecule has 0 spiro atoms. The minimum absolute atomic E-state index is 0.799. The molecule has 0 bridgehead atoms. The smallest absolute Gasteiger partial charge is 0.246 e. The van der Waals surface area contributed by atoms with Crippen LogP contribution in [-0.4, -0.2) is 17.1 Å². The quantitative estimate of drug-likeness (QED) is 0.325. The Morgan fingerprint density at radius 3 is 2.60 bits per heavy atom. The van der Waals surface area contributed by atoms with Gasteiger partial charge in [0, 0.05) is 6.61 Å². The van der Waals surface area contributed by atoms with Crippen LogP contribution in [0.15, 0.2) is 12.2 Å². The molecule has 0 heterocycles. The summed E-state index contributed by atoms with van der Waals surface area (Å²) in [6.07, 6.45) is 9.12. The van der Waals surface area contributed by atoms with Gasteiger partial charge < -0.3 is 4.43 Å². The van der Waals surface area contributed by atoms with E-state index in [1.165, 1.54) is 12.8 Å². The van der Waals surface area contributed by atoms with Crippen molar-refractivity contribution in [3.05, 3.63) is 12.2 Å². The minimum atomic E-state index is 0.799. The van der Waals surface area contributed by atoms with Gasteiger partial charge in [-0.05, 0) is 19.3 Å². The summed E-state index contributed by atoms with van der Waals surface area (Å²) in [5.41, 5.74) is 0. The SMILES string of the molecule is CCCC=CCCCO[Si]. The van der Waals surface area contributed by atoms with Crippen molar-refractivity contribution in [3.63, 3.8) is 0 Å². The normalized spacial score (nSPS) is 11.0. The Kier molecular flexibility index (Phi) is 8.84. The first-order valence-corrected chi connectivity index (χ1v) is 4.26. The topological polar surface area (TPSA) is 9.23 Å². The number of hydrogen-bond donors (Lipinski definition) is 0. The lowest BCUT2D eigenvalue weighted by atomic mass is 10.2. The Balaban J connectivity index is 2.88. The maximum atomic E-state index is 4.72. The molecule has 2 heteroatoms. The lowest BCUT2D eigenvalue weighted by Gasteiger charge is -1.92. The molecule has 0 saturated carbocycles.